The Hall–Kier alpha value is -3.27. The minimum atomic E-state index is -0.969. The van der Waals surface area contributed by atoms with E-state index in [0.29, 0.717) is 16.4 Å². The first-order valence-corrected chi connectivity index (χ1v) is 11.7. The zero-order valence-electron chi connectivity index (χ0n) is 18.6. The van der Waals surface area contributed by atoms with Gasteiger partial charge < -0.3 is 24.5 Å². The molecule has 0 bridgehead atoms. The number of furan rings is 1. The molecule has 0 amide bonds. The van der Waals surface area contributed by atoms with Crippen LogP contribution in [0.15, 0.2) is 65.2 Å². The van der Waals surface area contributed by atoms with Gasteiger partial charge in [0.2, 0.25) is 0 Å². The molecule has 2 atom stereocenters. The third-order valence-electron chi connectivity index (χ3n) is 6.27. The third-order valence-corrected chi connectivity index (χ3v) is 6.62. The number of aromatic nitrogens is 1. The van der Waals surface area contributed by atoms with Crippen molar-refractivity contribution < 1.29 is 19.1 Å². The van der Waals surface area contributed by atoms with E-state index in [0.717, 1.165) is 50.8 Å². The molecule has 0 saturated carbocycles. The fourth-order valence-electron chi connectivity index (χ4n) is 4.50. The fraction of sp³-hybridized carbons (Fsp3) is 0.320. The summed E-state index contributed by atoms with van der Waals surface area (Å²) in [7, 11) is 0. The van der Waals surface area contributed by atoms with Crippen molar-refractivity contribution in [1.29, 1.82) is 0 Å². The highest BCUT2D eigenvalue weighted by molar-refractivity contribution is 7.80. The molecule has 34 heavy (non-hydrogen) atoms. The highest BCUT2D eigenvalue weighted by atomic mass is 32.1. The van der Waals surface area contributed by atoms with Crippen LogP contribution in [0.5, 0.6) is 0 Å². The monoisotopic (exact) mass is 478 g/mol. The quantitative estimate of drug-likeness (QED) is 0.496. The Morgan fingerprint density at radius 1 is 1.12 bits per heavy atom. The van der Waals surface area contributed by atoms with Crippen LogP contribution in [-0.2, 0) is 4.74 Å². The molecule has 8 nitrogen and oxygen atoms in total. The molecular weight excluding hydrogens is 452 g/mol. The average molecular weight is 479 g/mol. The van der Waals surface area contributed by atoms with Gasteiger partial charge >= 0.3 is 5.97 Å². The summed E-state index contributed by atoms with van der Waals surface area (Å²) in [5.74, 6) is 0.396. The topological polar surface area (TPSA) is 91.1 Å². The van der Waals surface area contributed by atoms with Gasteiger partial charge in [0.1, 0.15) is 17.6 Å². The van der Waals surface area contributed by atoms with Crippen molar-refractivity contribution >= 4 is 23.3 Å². The molecule has 9 heteroatoms. The van der Waals surface area contributed by atoms with Gasteiger partial charge in [0.25, 0.3) is 0 Å². The van der Waals surface area contributed by atoms with Crippen LogP contribution in [0.1, 0.15) is 33.9 Å². The summed E-state index contributed by atoms with van der Waals surface area (Å²) >= 11 is 5.74. The number of nitrogens with one attached hydrogen (secondary N) is 1. The minimum absolute atomic E-state index is 0.164. The second kappa shape index (κ2) is 9.92. The third kappa shape index (κ3) is 4.68. The molecule has 2 aliphatic rings. The maximum Gasteiger partial charge on any atom is 0.335 e. The first-order valence-electron chi connectivity index (χ1n) is 11.3. The van der Waals surface area contributed by atoms with Crippen LogP contribution in [0.4, 0.5) is 0 Å². The molecule has 3 aromatic rings. The number of hydrogen-bond acceptors (Lipinski definition) is 6. The number of pyridine rings is 1. The molecule has 4 heterocycles. The summed E-state index contributed by atoms with van der Waals surface area (Å²) in [4.78, 5) is 20.5. The standard InChI is InChI=1S/C25H26N4O4S/c30-24(31)18-5-3-4-17(16-18)20-7-8-21(33-20)23-22(19-6-1-2-9-26-19)27-25(34)29(23)11-10-28-12-14-32-15-13-28/h1-9,16,22-23H,10-15H2,(H,27,34)(H,30,31). The van der Waals surface area contributed by atoms with Gasteiger partial charge in [-0.15, -0.1) is 0 Å². The Labute approximate surface area is 203 Å². The van der Waals surface area contributed by atoms with Crippen molar-refractivity contribution in [3.63, 3.8) is 0 Å². The molecule has 2 N–H and O–H groups in total. The number of carboxylic acid groups (broad SMARTS) is 1. The lowest BCUT2D eigenvalue weighted by molar-refractivity contribution is 0.0347. The van der Waals surface area contributed by atoms with Gasteiger partial charge in [0, 0.05) is 37.9 Å². The van der Waals surface area contributed by atoms with Crippen LogP contribution >= 0.6 is 12.2 Å². The van der Waals surface area contributed by atoms with Crippen LogP contribution < -0.4 is 5.32 Å². The van der Waals surface area contributed by atoms with E-state index in [-0.39, 0.29) is 17.6 Å². The number of carbonyl (C=O) groups is 1. The summed E-state index contributed by atoms with van der Waals surface area (Å²) in [6.45, 7) is 4.93. The number of morpholine rings is 1. The van der Waals surface area contributed by atoms with E-state index in [1.807, 2.05) is 36.4 Å². The van der Waals surface area contributed by atoms with Crippen molar-refractivity contribution in [2.45, 2.75) is 12.1 Å². The lowest BCUT2D eigenvalue weighted by Crippen LogP contribution is -2.42. The highest BCUT2D eigenvalue weighted by Gasteiger charge is 2.41. The number of nitrogens with zero attached hydrogens (tertiary/aromatic N) is 3. The summed E-state index contributed by atoms with van der Waals surface area (Å²) < 4.78 is 11.8. The number of carboxylic acids is 1. The van der Waals surface area contributed by atoms with Crippen LogP contribution in [0.3, 0.4) is 0 Å². The summed E-state index contributed by atoms with van der Waals surface area (Å²) in [5, 5.41) is 13.5. The molecule has 0 aliphatic carbocycles. The molecule has 176 valence electrons. The zero-order valence-corrected chi connectivity index (χ0v) is 19.4. The van der Waals surface area contributed by atoms with E-state index in [4.69, 9.17) is 21.4 Å². The van der Waals surface area contributed by atoms with Gasteiger partial charge in [0.15, 0.2) is 5.11 Å². The lowest BCUT2D eigenvalue weighted by Gasteiger charge is -2.31. The molecule has 2 saturated heterocycles. The summed E-state index contributed by atoms with van der Waals surface area (Å²) in [6.07, 6.45) is 1.78. The molecule has 0 spiro atoms. The van der Waals surface area contributed by atoms with E-state index in [2.05, 4.69) is 20.1 Å². The summed E-state index contributed by atoms with van der Waals surface area (Å²) in [6, 6.07) is 16.1. The second-order valence-corrected chi connectivity index (χ2v) is 8.75. The van der Waals surface area contributed by atoms with Gasteiger partial charge in [0.05, 0.1) is 30.5 Å². The van der Waals surface area contributed by atoms with Crippen LogP contribution in [0.25, 0.3) is 11.3 Å². The van der Waals surface area contributed by atoms with Crippen LogP contribution in [0, 0.1) is 0 Å². The smallest absolute Gasteiger partial charge is 0.335 e. The van der Waals surface area contributed by atoms with Crippen LogP contribution in [-0.4, -0.2) is 70.4 Å². The fourth-order valence-corrected chi connectivity index (χ4v) is 4.83. The van der Waals surface area contributed by atoms with Crippen molar-refractivity contribution in [3.8, 4) is 11.3 Å². The summed E-state index contributed by atoms with van der Waals surface area (Å²) in [5.41, 5.74) is 1.82. The zero-order chi connectivity index (χ0) is 23.5. The van der Waals surface area contributed by atoms with Gasteiger partial charge in [-0.2, -0.15) is 0 Å². The van der Waals surface area contributed by atoms with E-state index in [9.17, 15) is 9.90 Å². The average Bonchev–Trinajstić information content (AvgIpc) is 3.48. The maximum atomic E-state index is 11.4. The highest BCUT2D eigenvalue weighted by Crippen LogP contribution is 2.40. The predicted octanol–water partition coefficient (Wildman–Crippen LogP) is 3.34. The molecular formula is C25H26N4O4S. The van der Waals surface area contributed by atoms with E-state index >= 15 is 0 Å². The van der Waals surface area contributed by atoms with Gasteiger partial charge in [-0.1, -0.05) is 18.2 Å². The number of ether oxygens (including phenoxy) is 1. The Morgan fingerprint density at radius 3 is 2.74 bits per heavy atom. The van der Waals surface area contributed by atoms with E-state index < -0.39 is 5.97 Å². The van der Waals surface area contributed by atoms with Crippen molar-refractivity contribution in [3.05, 3.63) is 77.8 Å². The molecule has 2 aliphatic heterocycles. The molecule has 5 rings (SSSR count). The van der Waals surface area contributed by atoms with Crippen molar-refractivity contribution in [2.75, 3.05) is 39.4 Å². The van der Waals surface area contributed by atoms with E-state index in [1.165, 1.54) is 0 Å². The Balaban J connectivity index is 1.45. The Bertz CT molecular complexity index is 1160. The Morgan fingerprint density at radius 2 is 1.97 bits per heavy atom. The van der Waals surface area contributed by atoms with Gasteiger partial charge in [-0.05, 0) is 48.6 Å². The largest absolute Gasteiger partial charge is 0.478 e. The van der Waals surface area contributed by atoms with Gasteiger partial charge in [-0.25, -0.2) is 4.79 Å². The van der Waals surface area contributed by atoms with E-state index in [1.54, 1.807) is 24.4 Å². The van der Waals surface area contributed by atoms with Crippen molar-refractivity contribution in [2.24, 2.45) is 0 Å². The number of benzene rings is 1. The second-order valence-electron chi connectivity index (χ2n) is 8.36. The molecule has 1 aromatic carbocycles. The predicted molar refractivity (Wildman–Crippen MR) is 131 cm³/mol. The molecule has 2 aromatic heterocycles. The first kappa shape index (κ1) is 22.5. The number of rotatable bonds is 7. The molecule has 0 radical (unpaired) electrons. The number of aromatic carboxylic acids is 1. The minimum Gasteiger partial charge on any atom is -0.478 e. The van der Waals surface area contributed by atoms with Gasteiger partial charge in [-0.3, -0.25) is 9.88 Å². The maximum absolute atomic E-state index is 11.4. The molecule has 2 unspecified atom stereocenters. The number of thiocarbonyl (C=S) groups is 1. The molecule has 2 fully saturated rings. The van der Waals surface area contributed by atoms with Crippen molar-refractivity contribution in [1.82, 2.24) is 20.1 Å². The normalized spacial score (nSPS) is 20.9. The number of hydrogen-bond donors (Lipinski definition) is 2. The van der Waals surface area contributed by atoms with Crippen LogP contribution in [0.2, 0.25) is 0 Å². The first-order chi connectivity index (χ1) is 16.6. The lowest BCUT2D eigenvalue weighted by atomic mass is 10.0. The Kier molecular flexibility index (Phi) is 6.57. The SMILES string of the molecule is O=C(O)c1cccc(-c2ccc(C3C(c4ccccn4)NC(=S)N3CCN3CCOCC3)o2)c1.